The van der Waals surface area contributed by atoms with Crippen molar-refractivity contribution in [1.82, 2.24) is 0 Å². The van der Waals surface area contributed by atoms with Crippen molar-refractivity contribution in [2.24, 2.45) is 62.1 Å². The van der Waals surface area contributed by atoms with Gasteiger partial charge in [-0.2, -0.15) is 0 Å². The molecule has 33 heavy (non-hydrogen) atoms. The van der Waals surface area contributed by atoms with Crippen LogP contribution in [-0.2, 0) is 4.79 Å². The van der Waals surface area contributed by atoms with Crippen LogP contribution in [0.25, 0.3) is 0 Å². The highest BCUT2D eigenvalue weighted by atomic mass is 16.4. The second-order valence-corrected chi connectivity index (χ2v) is 14.8. The number of aliphatic carboxylic acids is 1. The van der Waals surface area contributed by atoms with Gasteiger partial charge >= 0.3 is 5.97 Å². The summed E-state index contributed by atoms with van der Waals surface area (Å²) in [6.07, 6.45) is 14.6. The third-order valence-corrected chi connectivity index (χ3v) is 13.9. The van der Waals surface area contributed by atoms with Gasteiger partial charge in [0.25, 0.3) is 0 Å². The molecule has 0 aromatic heterocycles. The third-order valence-electron chi connectivity index (χ3n) is 13.9. The van der Waals surface area contributed by atoms with E-state index in [2.05, 4.69) is 53.7 Å². The van der Waals surface area contributed by atoms with E-state index in [-0.39, 0.29) is 39.1 Å². The summed E-state index contributed by atoms with van der Waals surface area (Å²) in [5, 5.41) is 21.5. The maximum Gasteiger partial charge on any atom is 0.309 e. The highest BCUT2D eigenvalue weighted by molar-refractivity contribution is 5.76. The fourth-order valence-electron chi connectivity index (χ4n) is 12.0. The molecule has 6 aliphatic carbocycles. The van der Waals surface area contributed by atoms with Crippen molar-refractivity contribution in [2.75, 3.05) is 0 Å². The Morgan fingerprint density at radius 1 is 0.939 bits per heavy atom. The van der Waals surface area contributed by atoms with Gasteiger partial charge in [0.15, 0.2) is 0 Å². The molecule has 11 unspecified atom stereocenters. The molecule has 11 atom stereocenters. The first-order chi connectivity index (χ1) is 15.3. The molecule has 2 N–H and O–H groups in total. The molecule has 0 aliphatic heterocycles. The molecule has 6 rings (SSSR count). The van der Waals surface area contributed by atoms with E-state index in [1.54, 1.807) is 0 Å². The Morgan fingerprint density at radius 2 is 1.67 bits per heavy atom. The molecule has 0 bridgehead atoms. The number of carbonyl (C=O) groups is 1. The SMILES string of the molecule is CC1CCC2(C(=O)O)CCC34CC3(C=CC3C5(C)CCC(O)C(C)(C)C5CCC34C)C2C1C. The van der Waals surface area contributed by atoms with E-state index >= 15 is 0 Å². The molecule has 3 nitrogen and oxygen atoms in total. The molecular weight excluding hydrogens is 408 g/mol. The Balaban J connectivity index is 1.47. The molecule has 5 fully saturated rings. The largest absolute Gasteiger partial charge is 0.481 e. The monoisotopic (exact) mass is 454 g/mol. The summed E-state index contributed by atoms with van der Waals surface area (Å²) in [4.78, 5) is 12.9. The number of fused-ring (bicyclic) bond motifs is 4. The standard InChI is InChI=1S/C30H46O3/c1-18-7-13-28(24(32)33)15-16-30-17-29(30,23(28)19(18)2)14-9-21-26(5)11-10-22(31)25(3,4)20(26)8-12-27(21,30)6/h9,14,18-23,31H,7-8,10-13,15-17H2,1-6H3,(H,32,33). The molecule has 0 heterocycles. The summed E-state index contributed by atoms with van der Waals surface area (Å²) in [6, 6.07) is 0. The zero-order valence-electron chi connectivity index (χ0n) is 21.8. The minimum absolute atomic E-state index is 0.0315. The smallest absolute Gasteiger partial charge is 0.309 e. The van der Waals surface area contributed by atoms with Crippen LogP contribution >= 0.6 is 0 Å². The zero-order chi connectivity index (χ0) is 23.8. The lowest BCUT2D eigenvalue weighted by Crippen LogP contribution is -2.63. The van der Waals surface area contributed by atoms with Crippen LogP contribution in [0.4, 0.5) is 0 Å². The molecule has 0 spiro atoms. The van der Waals surface area contributed by atoms with Gasteiger partial charge in [0.05, 0.1) is 11.5 Å². The van der Waals surface area contributed by atoms with Crippen LogP contribution < -0.4 is 0 Å². The second kappa shape index (κ2) is 6.29. The van der Waals surface area contributed by atoms with Gasteiger partial charge in [-0.3, -0.25) is 4.79 Å². The van der Waals surface area contributed by atoms with Crippen LogP contribution in [0.1, 0.15) is 99.3 Å². The van der Waals surface area contributed by atoms with Crippen LogP contribution in [0.2, 0.25) is 0 Å². The van der Waals surface area contributed by atoms with Crippen LogP contribution in [0.5, 0.6) is 0 Å². The number of allylic oxidation sites excluding steroid dienone is 2. The van der Waals surface area contributed by atoms with Crippen LogP contribution in [0.15, 0.2) is 12.2 Å². The predicted octanol–water partition coefficient (Wildman–Crippen LogP) is 6.70. The van der Waals surface area contributed by atoms with E-state index in [4.69, 9.17) is 0 Å². The van der Waals surface area contributed by atoms with Crippen molar-refractivity contribution >= 4 is 5.97 Å². The molecule has 0 amide bonds. The molecule has 0 saturated heterocycles. The first-order valence-electron chi connectivity index (χ1n) is 13.9. The number of aliphatic hydroxyl groups excluding tert-OH is 1. The highest BCUT2D eigenvalue weighted by Crippen LogP contribution is 2.90. The topological polar surface area (TPSA) is 57.5 Å². The summed E-state index contributed by atoms with van der Waals surface area (Å²) in [5.41, 5.74) is 0.297. The molecule has 0 aromatic carbocycles. The lowest BCUT2D eigenvalue weighted by molar-refractivity contribution is -0.199. The number of aliphatic hydroxyl groups is 1. The molecule has 0 radical (unpaired) electrons. The lowest BCUT2D eigenvalue weighted by atomic mass is 9.36. The molecular formula is C30H46O3. The summed E-state index contributed by atoms with van der Waals surface area (Å²) in [6.45, 7) is 14.5. The maximum absolute atomic E-state index is 12.9. The molecule has 5 saturated carbocycles. The van der Waals surface area contributed by atoms with Gasteiger partial charge in [-0.05, 0) is 114 Å². The van der Waals surface area contributed by atoms with E-state index in [1.165, 1.54) is 19.3 Å². The van der Waals surface area contributed by atoms with E-state index in [9.17, 15) is 15.0 Å². The van der Waals surface area contributed by atoms with Crippen LogP contribution in [-0.4, -0.2) is 22.3 Å². The average Bonchev–Trinajstić information content (AvgIpc) is 3.45. The Kier molecular flexibility index (Phi) is 4.31. The number of hydrogen-bond acceptors (Lipinski definition) is 2. The normalized spacial score (nSPS) is 60.5. The molecule has 6 aliphatic rings. The molecule has 3 heteroatoms. The van der Waals surface area contributed by atoms with Gasteiger partial charge in [0.2, 0.25) is 0 Å². The van der Waals surface area contributed by atoms with Crippen molar-refractivity contribution in [1.29, 1.82) is 0 Å². The quantitative estimate of drug-likeness (QED) is 0.433. The van der Waals surface area contributed by atoms with Crippen molar-refractivity contribution in [3.8, 4) is 0 Å². The fraction of sp³-hybridized carbons (Fsp3) is 0.900. The Labute approximate surface area is 200 Å². The van der Waals surface area contributed by atoms with Crippen molar-refractivity contribution < 1.29 is 15.0 Å². The van der Waals surface area contributed by atoms with E-state index in [0.29, 0.717) is 23.7 Å². The average molecular weight is 455 g/mol. The Bertz CT molecular complexity index is 922. The first-order valence-corrected chi connectivity index (χ1v) is 13.9. The van der Waals surface area contributed by atoms with Crippen molar-refractivity contribution in [2.45, 2.75) is 105 Å². The Hall–Kier alpha value is -0.830. The number of rotatable bonds is 1. The van der Waals surface area contributed by atoms with E-state index < -0.39 is 11.4 Å². The van der Waals surface area contributed by atoms with Crippen LogP contribution in [0, 0.1) is 62.1 Å². The second-order valence-electron chi connectivity index (χ2n) is 14.8. The van der Waals surface area contributed by atoms with Gasteiger partial charge in [0.1, 0.15) is 0 Å². The highest BCUT2D eigenvalue weighted by Gasteiger charge is 2.84. The summed E-state index contributed by atoms with van der Waals surface area (Å²) < 4.78 is 0. The summed E-state index contributed by atoms with van der Waals surface area (Å²) in [5.74, 6) is 1.94. The third kappa shape index (κ3) is 2.27. The Morgan fingerprint density at radius 3 is 2.36 bits per heavy atom. The number of hydrogen-bond donors (Lipinski definition) is 2. The van der Waals surface area contributed by atoms with Gasteiger partial charge in [0, 0.05) is 0 Å². The molecule has 184 valence electrons. The lowest BCUT2D eigenvalue weighted by Gasteiger charge is -2.68. The predicted molar refractivity (Wildman–Crippen MR) is 130 cm³/mol. The summed E-state index contributed by atoms with van der Waals surface area (Å²) in [7, 11) is 0. The van der Waals surface area contributed by atoms with E-state index in [1.807, 2.05) is 0 Å². The fourth-order valence-corrected chi connectivity index (χ4v) is 12.0. The molecule has 0 aromatic rings. The van der Waals surface area contributed by atoms with Gasteiger partial charge in [-0.25, -0.2) is 0 Å². The number of carboxylic acid groups (broad SMARTS) is 1. The summed E-state index contributed by atoms with van der Waals surface area (Å²) >= 11 is 0. The number of carboxylic acids is 1. The minimum Gasteiger partial charge on any atom is -0.481 e. The minimum atomic E-state index is -0.516. The van der Waals surface area contributed by atoms with Gasteiger partial charge in [-0.1, -0.05) is 53.7 Å². The van der Waals surface area contributed by atoms with Crippen LogP contribution in [0.3, 0.4) is 0 Å². The van der Waals surface area contributed by atoms with Crippen molar-refractivity contribution in [3.63, 3.8) is 0 Å². The van der Waals surface area contributed by atoms with E-state index in [0.717, 1.165) is 38.5 Å². The van der Waals surface area contributed by atoms with Gasteiger partial charge < -0.3 is 10.2 Å². The maximum atomic E-state index is 12.9. The van der Waals surface area contributed by atoms with Gasteiger partial charge in [-0.15, -0.1) is 0 Å². The van der Waals surface area contributed by atoms with Crippen molar-refractivity contribution in [3.05, 3.63) is 12.2 Å². The first kappa shape index (κ1) is 22.6. The zero-order valence-corrected chi connectivity index (χ0v) is 21.8.